The van der Waals surface area contributed by atoms with Gasteiger partial charge >= 0.3 is 0 Å². The van der Waals surface area contributed by atoms with Crippen LogP contribution in [0.25, 0.3) is 0 Å². The van der Waals surface area contributed by atoms with Crippen molar-refractivity contribution in [2.75, 3.05) is 6.61 Å². The van der Waals surface area contributed by atoms with Crippen LogP contribution in [-0.4, -0.2) is 22.7 Å². The molecular formula is C6H15NO3. The Morgan fingerprint density at radius 3 is 2.00 bits per heavy atom. The molecule has 62 valence electrons. The quantitative estimate of drug-likeness (QED) is 0.482. The van der Waals surface area contributed by atoms with Crippen LogP contribution >= 0.6 is 0 Å². The van der Waals surface area contributed by atoms with E-state index in [0.29, 0.717) is 6.42 Å². The van der Waals surface area contributed by atoms with Gasteiger partial charge in [0.15, 0.2) is 0 Å². The van der Waals surface area contributed by atoms with Crippen LogP contribution in [0, 0.1) is 10.1 Å². The van der Waals surface area contributed by atoms with Gasteiger partial charge in [-0.15, -0.1) is 0 Å². The average Bonchev–Trinajstić information content (AvgIpc) is 1.94. The molecule has 0 aliphatic heterocycles. The van der Waals surface area contributed by atoms with Crippen molar-refractivity contribution in [2.24, 2.45) is 0 Å². The fraction of sp³-hybridized carbons (Fsp3) is 1.00. The van der Waals surface area contributed by atoms with Crippen LogP contribution in [0.5, 0.6) is 0 Å². The van der Waals surface area contributed by atoms with E-state index in [1.807, 2.05) is 13.8 Å². The number of aliphatic hydroxyl groups excluding tert-OH is 1. The molecule has 4 nitrogen and oxygen atoms in total. The molecule has 0 radical (unpaired) electrons. The lowest BCUT2D eigenvalue weighted by Crippen LogP contribution is -2.22. The molecule has 0 aromatic carbocycles. The average molecular weight is 149 g/mol. The number of nitrogens with zero attached hydrogens (tertiary/aromatic N) is 1. The second-order valence-corrected chi connectivity index (χ2v) is 1.53. The Balaban J connectivity index is 0. The SMILES string of the molecule is CC.CCC(CO)[N+](=O)[O-]. The first-order valence-electron chi connectivity index (χ1n) is 3.46. The molecule has 0 aliphatic rings. The maximum atomic E-state index is 9.81. The minimum atomic E-state index is -0.769. The summed E-state index contributed by atoms with van der Waals surface area (Å²) in [5.74, 6) is 0. The molecule has 4 heteroatoms. The second-order valence-electron chi connectivity index (χ2n) is 1.53. The third kappa shape index (κ3) is 5.50. The van der Waals surface area contributed by atoms with Crippen LogP contribution in [0.15, 0.2) is 0 Å². The first-order chi connectivity index (χ1) is 4.72. The Morgan fingerprint density at radius 1 is 1.60 bits per heavy atom. The normalized spacial score (nSPS) is 11.2. The highest BCUT2D eigenvalue weighted by Gasteiger charge is 2.13. The summed E-state index contributed by atoms with van der Waals surface area (Å²) in [7, 11) is 0. The molecule has 0 aromatic rings. The Kier molecular flexibility index (Phi) is 10.1. The number of aliphatic hydroxyl groups is 1. The van der Waals surface area contributed by atoms with Gasteiger partial charge in [0.25, 0.3) is 0 Å². The molecule has 0 spiro atoms. The van der Waals surface area contributed by atoms with E-state index in [9.17, 15) is 10.1 Å². The molecule has 0 rings (SSSR count). The Bertz CT molecular complexity index is 81.1. The Hall–Kier alpha value is -0.640. The van der Waals surface area contributed by atoms with Gasteiger partial charge in [0.1, 0.15) is 6.61 Å². The van der Waals surface area contributed by atoms with Crippen molar-refractivity contribution in [2.45, 2.75) is 33.2 Å². The summed E-state index contributed by atoms with van der Waals surface area (Å²) in [5.41, 5.74) is 0. The van der Waals surface area contributed by atoms with Gasteiger partial charge in [-0.05, 0) is 0 Å². The van der Waals surface area contributed by atoms with Crippen molar-refractivity contribution in [1.29, 1.82) is 0 Å². The summed E-state index contributed by atoms with van der Waals surface area (Å²) in [6, 6.07) is -0.769. The van der Waals surface area contributed by atoms with Crippen molar-refractivity contribution in [1.82, 2.24) is 0 Å². The molecule has 1 N–H and O–H groups in total. The highest BCUT2D eigenvalue weighted by atomic mass is 16.6. The number of nitro groups is 1. The standard InChI is InChI=1S/C4H9NO3.C2H6/c1-2-4(3-6)5(7)8;1-2/h4,6H,2-3H2,1H3;1-2H3. The van der Waals surface area contributed by atoms with E-state index in [1.165, 1.54) is 0 Å². The van der Waals surface area contributed by atoms with Gasteiger partial charge in [0, 0.05) is 11.3 Å². The van der Waals surface area contributed by atoms with Crippen LogP contribution in [0.1, 0.15) is 27.2 Å². The molecule has 1 unspecified atom stereocenters. The lowest BCUT2D eigenvalue weighted by Gasteiger charge is -1.99. The zero-order valence-corrected chi connectivity index (χ0v) is 6.70. The predicted octanol–water partition coefficient (Wildman–Crippen LogP) is 1.06. The lowest BCUT2D eigenvalue weighted by atomic mass is 10.3. The fourth-order valence-electron chi connectivity index (χ4n) is 0.345. The molecule has 0 heterocycles. The van der Waals surface area contributed by atoms with Crippen LogP contribution < -0.4 is 0 Å². The summed E-state index contributed by atoms with van der Waals surface area (Å²) >= 11 is 0. The topological polar surface area (TPSA) is 63.4 Å². The van der Waals surface area contributed by atoms with Crippen LogP contribution in [-0.2, 0) is 0 Å². The molecule has 0 amide bonds. The van der Waals surface area contributed by atoms with E-state index in [4.69, 9.17) is 5.11 Å². The molecule has 0 saturated heterocycles. The molecule has 0 aromatic heterocycles. The van der Waals surface area contributed by atoms with Crippen LogP contribution in [0.2, 0.25) is 0 Å². The van der Waals surface area contributed by atoms with Gasteiger partial charge in [-0.1, -0.05) is 20.8 Å². The van der Waals surface area contributed by atoms with Gasteiger partial charge in [-0.3, -0.25) is 10.1 Å². The van der Waals surface area contributed by atoms with Gasteiger partial charge in [0.05, 0.1) is 0 Å². The summed E-state index contributed by atoms with van der Waals surface area (Å²) in [6.45, 7) is 5.31. The molecule has 0 bridgehead atoms. The largest absolute Gasteiger partial charge is 0.389 e. The van der Waals surface area contributed by atoms with Gasteiger partial charge < -0.3 is 5.11 Å². The zero-order chi connectivity index (χ0) is 8.57. The van der Waals surface area contributed by atoms with Crippen molar-refractivity contribution < 1.29 is 10.0 Å². The highest BCUT2D eigenvalue weighted by Crippen LogP contribution is 1.92. The predicted molar refractivity (Wildman–Crippen MR) is 39.5 cm³/mol. The van der Waals surface area contributed by atoms with Crippen molar-refractivity contribution in [3.63, 3.8) is 0 Å². The van der Waals surface area contributed by atoms with E-state index in [1.54, 1.807) is 6.92 Å². The molecule has 0 aliphatic carbocycles. The van der Waals surface area contributed by atoms with Gasteiger partial charge in [0.2, 0.25) is 6.04 Å². The van der Waals surface area contributed by atoms with Crippen molar-refractivity contribution in [3.8, 4) is 0 Å². The van der Waals surface area contributed by atoms with Gasteiger partial charge in [-0.25, -0.2) is 0 Å². The molecule has 10 heavy (non-hydrogen) atoms. The minimum Gasteiger partial charge on any atom is -0.389 e. The first-order valence-corrected chi connectivity index (χ1v) is 3.46. The minimum absolute atomic E-state index is 0.358. The fourth-order valence-corrected chi connectivity index (χ4v) is 0.345. The molecular weight excluding hydrogens is 134 g/mol. The summed E-state index contributed by atoms with van der Waals surface area (Å²) in [4.78, 5) is 9.33. The lowest BCUT2D eigenvalue weighted by molar-refractivity contribution is -0.526. The first kappa shape index (κ1) is 12.1. The number of hydrogen-bond donors (Lipinski definition) is 1. The third-order valence-electron chi connectivity index (χ3n) is 0.980. The molecule has 0 saturated carbocycles. The van der Waals surface area contributed by atoms with Gasteiger partial charge in [-0.2, -0.15) is 0 Å². The summed E-state index contributed by atoms with van der Waals surface area (Å²) < 4.78 is 0. The Labute approximate surface area is 61.0 Å². The third-order valence-corrected chi connectivity index (χ3v) is 0.980. The zero-order valence-electron chi connectivity index (χ0n) is 6.70. The van der Waals surface area contributed by atoms with E-state index in [2.05, 4.69) is 0 Å². The van der Waals surface area contributed by atoms with E-state index < -0.39 is 11.0 Å². The number of hydrogen-bond acceptors (Lipinski definition) is 3. The van der Waals surface area contributed by atoms with Crippen molar-refractivity contribution >= 4 is 0 Å². The summed E-state index contributed by atoms with van der Waals surface area (Å²) in [6.07, 6.45) is 0.392. The smallest absolute Gasteiger partial charge is 0.235 e. The van der Waals surface area contributed by atoms with Crippen LogP contribution in [0.3, 0.4) is 0 Å². The maximum Gasteiger partial charge on any atom is 0.235 e. The Morgan fingerprint density at radius 2 is 2.00 bits per heavy atom. The van der Waals surface area contributed by atoms with E-state index >= 15 is 0 Å². The molecule has 1 atom stereocenters. The summed E-state index contributed by atoms with van der Waals surface area (Å²) in [5, 5.41) is 18.1. The van der Waals surface area contributed by atoms with E-state index in [-0.39, 0.29) is 6.61 Å². The van der Waals surface area contributed by atoms with E-state index in [0.717, 1.165) is 0 Å². The molecule has 0 fully saturated rings. The second kappa shape index (κ2) is 8.36. The number of rotatable bonds is 3. The monoisotopic (exact) mass is 149 g/mol. The van der Waals surface area contributed by atoms with Crippen molar-refractivity contribution in [3.05, 3.63) is 10.1 Å². The van der Waals surface area contributed by atoms with Crippen LogP contribution in [0.4, 0.5) is 0 Å². The maximum absolute atomic E-state index is 9.81. The highest BCUT2D eigenvalue weighted by molar-refractivity contribution is 4.47.